The molecule has 1 unspecified atom stereocenters. The molecule has 1 heterocycles. The van der Waals surface area contributed by atoms with Gasteiger partial charge in [-0.2, -0.15) is 0 Å². The minimum atomic E-state index is -0.00992. The van der Waals surface area contributed by atoms with Crippen LogP contribution in [0.2, 0.25) is 0 Å². The van der Waals surface area contributed by atoms with E-state index >= 15 is 0 Å². The van der Waals surface area contributed by atoms with Gasteiger partial charge in [0.1, 0.15) is 0 Å². The van der Waals surface area contributed by atoms with Gasteiger partial charge in [-0.3, -0.25) is 9.69 Å². The molecule has 0 N–H and O–H groups in total. The average Bonchev–Trinajstić information content (AvgIpc) is 2.46. The van der Waals surface area contributed by atoms with Gasteiger partial charge in [0, 0.05) is 10.0 Å². The molecule has 20 heavy (non-hydrogen) atoms. The van der Waals surface area contributed by atoms with Crippen LogP contribution < -0.4 is 0 Å². The minimum absolute atomic E-state index is 0.00992. The quantitative estimate of drug-likeness (QED) is 0.759. The first-order chi connectivity index (χ1) is 9.49. The summed E-state index contributed by atoms with van der Waals surface area (Å²) in [5, 5.41) is 0. The molecule has 1 aliphatic heterocycles. The molecule has 2 rings (SSSR count). The summed E-state index contributed by atoms with van der Waals surface area (Å²) in [6.07, 6.45) is 2.44. The lowest BCUT2D eigenvalue weighted by molar-refractivity contribution is 0.0743. The number of rotatable bonds is 4. The normalized spacial score (nSPS) is 19.2. The van der Waals surface area contributed by atoms with Gasteiger partial charge in [-0.25, -0.2) is 0 Å². The number of likely N-dealkylation sites (tertiary alicyclic amines) is 1. The van der Waals surface area contributed by atoms with Crippen molar-refractivity contribution in [2.75, 3.05) is 13.1 Å². The van der Waals surface area contributed by atoms with E-state index in [9.17, 15) is 4.79 Å². The Morgan fingerprint density at radius 2 is 1.70 bits per heavy atom. The highest BCUT2D eigenvalue weighted by Gasteiger charge is 2.28. The van der Waals surface area contributed by atoms with E-state index in [2.05, 4.69) is 34.7 Å². The van der Waals surface area contributed by atoms with Crippen LogP contribution in [0, 0.1) is 11.8 Å². The van der Waals surface area contributed by atoms with Crippen LogP contribution in [-0.2, 0) is 0 Å². The molecule has 1 saturated heterocycles. The van der Waals surface area contributed by atoms with Crippen LogP contribution in [0.1, 0.15) is 44.0 Å². The van der Waals surface area contributed by atoms with Gasteiger partial charge in [0.05, 0.1) is 6.04 Å². The molecule has 0 spiro atoms. The zero-order chi connectivity index (χ0) is 14.7. The van der Waals surface area contributed by atoms with Gasteiger partial charge in [-0.05, 0) is 56.8 Å². The highest BCUT2D eigenvalue weighted by Crippen LogP contribution is 2.26. The molecule has 0 bridgehead atoms. The number of carbonyl (C=O) groups excluding carboxylic acids is 1. The van der Waals surface area contributed by atoms with Crippen molar-refractivity contribution >= 4 is 21.7 Å². The topological polar surface area (TPSA) is 20.3 Å². The van der Waals surface area contributed by atoms with Gasteiger partial charge < -0.3 is 0 Å². The number of benzene rings is 1. The second-order valence-electron chi connectivity index (χ2n) is 6.16. The molecule has 1 atom stereocenters. The Morgan fingerprint density at radius 3 is 2.20 bits per heavy atom. The second-order valence-corrected chi connectivity index (χ2v) is 7.08. The summed E-state index contributed by atoms with van der Waals surface area (Å²) >= 11 is 3.41. The summed E-state index contributed by atoms with van der Waals surface area (Å²) in [6.45, 7) is 8.74. The van der Waals surface area contributed by atoms with Crippen LogP contribution in [0.25, 0.3) is 0 Å². The van der Waals surface area contributed by atoms with Gasteiger partial charge in [-0.1, -0.05) is 41.9 Å². The van der Waals surface area contributed by atoms with Crippen molar-refractivity contribution in [2.45, 2.75) is 39.7 Å². The molecule has 1 aromatic rings. The molecular formula is C17H24BrNO. The van der Waals surface area contributed by atoms with Crippen molar-refractivity contribution in [2.24, 2.45) is 11.8 Å². The zero-order valence-electron chi connectivity index (χ0n) is 12.6. The fourth-order valence-corrected chi connectivity index (χ4v) is 3.26. The zero-order valence-corrected chi connectivity index (χ0v) is 14.2. The first-order valence-electron chi connectivity index (χ1n) is 7.53. The predicted molar refractivity (Wildman–Crippen MR) is 87.1 cm³/mol. The van der Waals surface area contributed by atoms with E-state index in [1.165, 1.54) is 12.8 Å². The fourth-order valence-electron chi connectivity index (χ4n) is 2.99. The second kappa shape index (κ2) is 6.86. The maximum atomic E-state index is 12.5. The molecule has 0 aliphatic carbocycles. The van der Waals surface area contributed by atoms with E-state index in [1.54, 1.807) is 0 Å². The summed E-state index contributed by atoms with van der Waals surface area (Å²) in [7, 11) is 0. The number of halogens is 1. The van der Waals surface area contributed by atoms with E-state index in [4.69, 9.17) is 0 Å². The fraction of sp³-hybridized carbons (Fsp3) is 0.588. The van der Waals surface area contributed by atoms with Crippen LogP contribution in [0.5, 0.6) is 0 Å². The number of hydrogen-bond donors (Lipinski definition) is 0. The number of Topliss-reactive ketones (excluding diaryl/α,β-unsaturated/α-hetero) is 1. The highest BCUT2D eigenvalue weighted by molar-refractivity contribution is 9.10. The van der Waals surface area contributed by atoms with Crippen LogP contribution in [-0.4, -0.2) is 29.8 Å². The predicted octanol–water partition coefficient (Wildman–Crippen LogP) is 4.39. The van der Waals surface area contributed by atoms with Crippen LogP contribution in [0.15, 0.2) is 28.7 Å². The first kappa shape index (κ1) is 15.7. The number of hydrogen-bond acceptors (Lipinski definition) is 2. The molecule has 1 aliphatic rings. The van der Waals surface area contributed by atoms with Gasteiger partial charge in [0.15, 0.2) is 5.78 Å². The Morgan fingerprint density at radius 1 is 1.15 bits per heavy atom. The Labute approximate surface area is 130 Å². The maximum Gasteiger partial charge on any atom is 0.179 e. The van der Waals surface area contributed by atoms with Gasteiger partial charge in [0.25, 0.3) is 0 Å². The summed E-state index contributed by atoms with van der Waals surface area (Å²) in [5.41, 5.74) is 0.812. The number of nitrogens with zero attached hydrogens (tertiary/aromatic N) is 1. The standard InChI is InChI=1S/C17H24BrNO/c1-12(2)14-8-10-19(11-9-14)13(3)17(20)15-4-6-16(18)7-5-15/h4-7,12-14H,8-11H2,1-3H3. The van der Waals surface area contributed by atoms with Crippen LogP contribution in [0.4, 0.5) is 0 Å². The summed E-state index contributed by atoms with van der Waals surface area (Å²) in [5.74, 6) is 1.82. The Kier molecular flexibility index (Phi) is 5.39. The smallest absolute Gasteiger partial charge is 0.179 e. The van der Waals surface area contributed by atoms with Crippen molar-refractivity contribution in [3.63, 3.8) is 0 Å². The van der Waals surface area contributed by atoms with Crippen LogP contribution >= 0.6 is 15.9 Å². The molecule has 110 valence electrons. The number of carbonyl (C=O) groups is 1. The van der Waals surface area contributed by atoms with Crippen LogP contribution in [0.3, 0.4) is 0 Å². The number of piperidine rings is 1. The van der Waals surface area contributed by atoms with Crippen molar-refractivity contribution < 1.29 is 4.79 Å². The summed E-state index contributed by atoms with van der Waals surface area (Å²) in [4.78, 5) is 14.9. The molecule has 1 fully saturated rings. The van der Waals surface area contributed by atoms with Crippen molar-refractivity contribution in [1.29, 1.82) is 0 Å². The average molecular weight is 338 g/mol. The lowest BCUT2D eigenvalue weighted by atomic mass is 9.86. The van der Waals surface area contributed by atoms with E-state index in [-0.39, 0.29) is 11.8 Å². The molecule has 2 nitrogen and oxygen atoms in total. The highest BCUT2D eigenvalue weighted by atomic mass is 79.9. The lowest BCUT2D eigenvalue weighted by Gasteiger charge is -2.36. The molecule has 0 amide bonds. The minimum Gasteiger partial charge on any atom is -0.293 e. The van der Waals surface area contributed by atoms with Gasteiger partial charge in [-0.15, -0.1) is 0 Å². The van der Waals surface area contributed by atoms with E-state index < -0.39 is 0 Å². The van der Waals surface area contributed by atoms with E-state index in [0.29, 0.717) is 0 Å². The van der Waals surface area contributed by atoms with Crippen molar-refractivity contribution in [3.05, 3.63) is 34.3 Å². The third kappa shape index (κ3) is 3.70. The van der Waals surface area contributed by atoms with Gasteiger partial charge in [0.2, 0.25) is 0 Å². The molecule has 0 saturated carbocycles. The van der Waals surface area contributed by atoms with Crippen molar-refractivity contribution in [1.82, 2.24) is 4.90 Å². The number of ketones is 1. The molecular weight excluding hydrogens is 314 g/mol. The Hall–Kier alpha value is -0.670. The molecule has 0 radical (unpaired) electrons. The Bertz CT molecular complexity index is 447. The molecule has 1 aromatic carbocycles. The molecule has 0 aromatic heterocycles. The Balaban J connectivity index is 1.96. The summed E-state index contributed by atoms with van der Waals surface area (Å²) < 4.78 is 1.01. The first-order valence-corrected chi connectivity index (χ1v) is 8.32. The SMILES string of the molecule is CC(C)C1CCN(C(C)C(=O)c2ccc(Br)cc2)CC1. The van der Waals surface area contributed by atoms with Crippen molar-refractivity contribution in [3.8, 4) is 0 Å². The van der Waals surface area contributed by atoms with E-state index in [1.807, 2.05) is 31.2 Å². The molecule has 3 heteroatoms. The third-order valence-corrected chi connectivity index (χ3v) is 5.10. The lowest BCUT2D eigenvalue weighted by Crippen LogP contribution is -2.44. The monoisotopic (exact) mass is 337 g/mol. The summed E-state index contributed by atoms with van der Waals surface area (Å²) in [6, 6.07) is 7.67. The maximum absolute atomic E-state index is 12.5. The largest absolute Gasteiger partial charge is 0.293 e. The van der Waals surface area contributed by atoms with Gasteiger partial charge >= 0.3 is 0 Å². The third-order valence-electron chi connectivity index (χ3n) is 4.57. The van der Waals surface area contributed by atoms with E-state index in [0.717, 1.165) is 35.0 Å².